The molecule has 0 unspecified atom stereocenters. The highest BCUT2D eigenvalue weighted by Gasteiger charge is 2.17. The van der Waals surface area contributed by atoms with Gasteiger partial charge in [-0.05, 0) is 19.1 Å². The van der Waals surface area contributed by atoms with Gasteiger partial charge in [-0.15, -0.1) is 22.0 Å². The first-order valence-electron chi connectivity index (χ1n) is 6.58. The van der Waals surface area contributed by atoms with Crippen molar-refractivity contribution in [3.05, 3.63) is 29.3 Å². The molecule has 0 aliphatic rings. The third-order valence-corrected chi connectivity index (χ3v) is 5.05. The van der Waals surface area contributed by atoms with Gasteiger partial charge >= 0.3 is 5.97 Å². The number of carbonyl (C=O) groups excluding carboxylic acids is 2. The second-order valence-corrected chi connectivity index (χ2v) is 7.18. The predicted octanol–water partition coefficient (Wildman–Crippen LogP) is 3.09. The monoisotopic (exact) mass is 371 g/mol. The van der Waals surface area contributed by atoms with Crippen molar-refractivity contribution in [2.24, 2.45) is 0 Å². The van der Waals surface area contributed by atoms with Gasteiger partial charge in [0.1, 0.15) is 5.01 Å². The smallest absolute Gasteiger partial charge is 0.315 e. The molecule has 1 aromatic carbocycles. The number of hydrogen-bond donors (Lipinski definition) is 1. The number of benzene rings is 1. The third-order valence-electron chi connectivity index (χ3n) is 2.79. The van der Waals surface area contributed by atoms with Gasteiger partial charge < -0.3 is 4.74 Å². The molecule has 122 valence electrons. The first kappa shape index (κ1) is 17.7. The van der Waals surface area contributed by atoms with Crippen molar-refractivity contribution < 1.29 is 14.3 Å². The summed E-state index contributed by atoms with van der Waals surface area (Å²) >= 11 is 8.31. The molecule has 1 atom stereocenters. The van der Waals surface area contributed by atoms with Gasteiger partial charge in [-0.3, -0.25) is 14.9 Å². The maximum absolute atomic E-state index is 12.0. The van der Waals surface area contributed by atoms with Crippen LogP contribution in [0.25, 0.3) is 10.6 Å². The highest BCUT2D eigenvalue weighted by molar-refractivity contribution is 8.01. The van der Waals surface area contributed by atoms with Crippen molar-refractivity contribution in [1.29, 1.82) is 0 Å². The van der Waals surface area contributed by atoms with E-state index in [9.17, 15) is 9.59 Å². The summed E-state index contributed by atoms with van der Waals surface area (Å²) in [5.74, 6) is -0.481. The largest absolute Gasteiger partial charge is 0.468 e. The number of rotatable bonds is 6. The number of hydrogen-bond acceptors (Lipinski definition) is 7. The van der Waals surface area contributed by atoms with Crippen LogP contribution in [-0.2, 0) is 14.3 Å². The standard InChI is InChI=1S/C14H14ClN3O3S2/c1-8(22-7-11(19)21-2)12(20)16-14-18-17-13(23-14)9-3-5-10(15)6-4-9/h3-6,8H,7H2,1-2H3,(H,16,18,20)/t8-/m0/s1. The minimum atomic E-state index is -0.406. The average molecular weight is 372 g/mol. The zero-order valence-electron chi connectivity index (χ0n) is 12.4. The molecule has 0 fully saturated rings. The van der Waals surface area contributed by atoms with Crippen molar-refractivity contribution in [3.63, 3.8) is 0 Å². The Morgan fingerprint density at radius 3 is 2.70 bits per heavy atom. The molecular weight excluding hydrogens is 358 g/mol. The molecule has 0 radical (unpaired) electrons. The number of anilines is 1. The topological polar surface area (TPSA) is 81.2 Å². The van der Waals surface area contributed by atoms with Crippen LogP contribution in [0.15, 0.2) is 24.3 Å². The summed E-state index contributed by atoms with van der Waals surface area (Å²) in [4.78, 5) is 23.1. The lowest BCUT2D eigenvalue weighted by Gasteiger charge is -2.08. The number of thioether (sulfide) groups is 1. The maximum atomic E-state index is 12.0. The number of methoxy groups -OCH3 is 1. The molecular formula is C14H14ClN3O3S2. The van der Waals surface area contributed by atoms with Gasteiger partial charge in [0.15, 0.2) is 0 Å². The zero-order valence-corrected chi connectivity index (χ0v) is 14.8. The summed E-state index contributed by atoms with van der Waals surface area (Å²) in [5.41, 5.74) is 0.875. The molecule has 1 amide bonds. The summed E-state index contributed by atoms with van der Waals surface area (Å²) in [6.07, 6.45) is 0. The summed E-state index contributed by atoms with van der Waals surface area (Å²) in [6.45, 7) is 1.71. The summed E-state index contributed by atoms with van der Waals surface area (Å²) < 4.78 is 4.54. The van der Waals surface area contributed by atoms with Gasteiger partial charge in [-0.2, -0.15) is 0 Å². The highest BCUT2D eigenvalue weighted by Crippen LogP contribution is 2.27. The predicted molar refractivity (Wildman–Crippen MR) is 92.9 cm³/mol. The lowest BCUT2D eigenvalue weighted by atomic mass is 10.2. The molecule has 0 saturated carbocycles. The summed E-state index contributed by atoms with van der Waals surface area (Å²) in [7, 11) is 1.31. The fraction of sp³-hybridized carbons (Fsp3) is 0.286. The van der Waals surface area contributed by atoms with E-state index in [4.69, 9.17) is 11.6 Å². The number of halogens is 1. The number of aromatic nitrogens is 2. The van der Waals surface area contributed by atoms with E-state index in [-0.39, 0.29) is 17.6 Å². The first-order chi connectivity index (χ1) is 11.0. The Hall–Kier alpha value is -1.64. The van der Waals surface area contributed by atoms with E-state index < -0.39 is 5.25 Å². The van der Waals surface area contributed by atoms with E-state index in [0.717, 1.165) is 5.56 Å². The molecule has 0 spiro atoms. The number of nitrogens with one attached hydrogen (secondary N) is 1. The van der Waals surface area contributed by atoms with Gasteiger partial charge in [-0.1, -0.05) is 35.1 Å². The van der Waals surface area contributed by atoms with Crippen LogP contribution >= 0.6 is 34.7 Å². The second kappa shape index (κ2) is 8.28. The van der Waals surface area contributed by atoms with Gasteiger partial charge in [0, 0.05) is 10.6 Å². The highest BCUT2D eigenvalue weighted by atomic mass is 35.5. The Morgan fingerprint density at radius 1 is 1.35 bits per heavy atom. The third kappa shape index (κ3) is 5.19. The van der Waals surface area contributed by atoms with Crippen LogP contribution in [0.5, 0.6) is 0 Å². The van der Waals surface area contributed by atoms with E-state index in [1.165, 1.54) is 30.2 Å². The van der Waals surface area contributed by atoms with Crippen LogP contribution in [0.2, 0.25) is 5.02 Å². The Balaban J connectivity index is 1.94. The van der Waals surface area contributed by atoms with Crippen molar-refractivity contribution in [1.82, 2.24) is 10.2 Å². The quantitative estimate of drug-likeness (QED) is 0.786. The fourth-order valence-corrected chi connectivity index (χ4v) is 3.11. The van der Waals surface area contributed by atoms with Crippen molar-refractivity contribution in [2.45, 2.75) is 12.2 Å². The van der Waals surface area contributed by atoms with E-state index in [0.29, 0.717) is 15.2 Å². The maximum Gasteiger partial charge on any atom is 0.315 e. The van der Waals surface area contributed by atoms with Crippen LogP contribution in [0.1, 0.15) is 6.92 Å². The van der Waals surface area contributed by atoms with Crippen LogP contribution in [0.4, 0.5) is 5.13 Å². The van der Waals surface area contributed by atoms with E-state index in [1.807, 2.05) is 12.1 Å². The molecule has 1 aromatic heterocycles. The Kier molecular flexibility index (Phi) is 6.37. The first-order valence-corrected chi connectivity index (χ1v) is 8.82. The molecule has 2 aromatic rings. The fourth-order valence-electron chi connectivity index (χ4n) is 1.52. The molecule has 6 nitrogen and oxygen atoms in total. The zero-order chi connectivity index (χ0) is 16.8. The van der Waals surface area contributed by atoms with E-state index >= 15 is 0 Å². The summed E-state index contributed by atoms with van der Waals surface area (Å²) in [6, 6.07) is 7.21. The molecule has 23 heavy (non-hydrogen) atoms. The van der Waals surface area contributed by atoms with Gasteiger partial charge in [0.2, 0.25) is 11.0 Å². The van der Waals surface area contributed by atoms with Crippen LogP contribution in [0, 0.1) is 0 Å². The molecule has 0 bridgehead atoms. The normalized spacial score (nSPS) is 11.8. The van der Waals surface area contributed by atoms with Gasteiger partial charge in [0.05, 0.1) is 18.1 Å². The molecule has 0 aliphatic heterocycles. The van der Waals surface area contributed by atoms with Crippen LogP contribution in [-0.4, -0.2) is 40.2 Å². The Bertz CT molecular complexity index is 691. The SMILES string of the molecule is COC(=O)CS[C@@H](C)C(=O)Nc1nnc(-c2ccc(Cl)cc2)s1. The molecule has 1 heterocycles. The molecule has 0 saturated heterocycles. The van der Waals surface area contributed by atoms with Crippen LogP contribution in [0.3, 0.4) is 0 Å². The number of carbonyl (C=O) groups is 2. The van der Waals surface area contributed by atoms with E-state index in [1.54, 1.807) is 19.1 Å². The molecule has 1 N–H and O–H groups in total. The van der Waals surface area contributed by atoms with E-state index in [2.05, 4.69) is 20.3 Å². The minimum absolute atomic E-state index is 0.122. The van der Waals surface area contributed by atoms with Crippen LogP contribution < -0.4 is 5.32 Å². The number of nitrogens with zero attached hydrogens (tertiary/aromatic N) is 2. The number of esters is 1. The number of amides is 1. The van der Waals surface area contributed by atoms with Crippen molar-refractivity contribution in [2.75, 3.05) is 18.2 Å². The second-order valence-electron chi connectivity index (χ2n) is 4.44. The molecule has 9 heteroatoms. The van der Waals surface area contributed by atoms with Gasteiger partial charge in [-0.25, -0.2) is 0 Å². The summed E-state index contributed by atoms with van der Waals surface area (Å²) in [5, 5.41) is 12.0. The van der Waals surface area contributed by atoms with Crippen molar-refractivity contribution in [3.8, 4) is 10.6 Å². The Labute approximate surface area is 146 Å². The lowest BCUT2D eigenvalue weighted by molar-refractivity contribution is -0.137. The molecule has 0 aliphatic carbocycles. The van der Waals surface area contributed by atoms with Gasteiger partial charge in [0.25, 0.3) is 0 Å². The lowest BCUT2D eigenvalue weighted by Crippen LogP contribution is -2.23. The molecule has 2 rings (SSSR count). The average Bonchev–Trinajstić information content (AvgIpc) is 3.01. The van der Waals surface area contributed by atoms with Crippen molar-refractivity contribution >= 4 is 51.7 Å². The minimum Gasteiger partial charge on any atom is -0.468 e. The Morgan fingerprint density at radius 2 is 2.04 bits per heavy atom. The number of ether oxygens (including phenoxy) is 1.